The van der Waals surface area contributed by atoms with Gasteiger partial charge in [0.25, 0.3) is 5.91 Å². The largest absolute Gasteiger partial charge is 0.457 e. The number of benzene rings is 3. The number of amides is 6. The van der Waals surface area contributed by atoms with Crippen molar-refractivity contribution in [2.45, 2.75) is 71.4 Å². The van der Waals surface area contributed by atoms with E-state index in [0.717, 1.165) is 33.8 Å². The van der Waals surface area contributed by atoms with Gasteiger partial charge in [-0.2, -0.15) is 13.2 Å². The molecule has 0 bridgehead atoms. The molecular formula is C49H54ClF3N8O9S. The number of urea groups is 1. The first-order valence-electron chi connectivity index (χ1n) is 22.4. The fraction of sp³-hybridized carbons (Fsp3) is 0.367. The van der Waals surface area contributed by atoms with Crippen molar-refractivity contribution in [3.8, 4) is 21.9 Å². The van der Waals surface area contributed by atoms with E-state index in [1.54, 1.807) is 43.7 Å². The van der Waals surface area contributed by atoms with Crippen molar-refractivity contribution >= 4 is 64.0 Å². The first-order valence-corrected chi connectivity index (χ1v) is 23.7. The number of anilines is 2. The van der Waals surface area contributed by atoms with Gasteiger partial charge in [-0.1, -0.05) is 56.6 Å². The lowest BCUT2D eigenvalue weighted by Gasteiger charge is -2.35. The number of alkyl halides is 3. The minimum atomic E-state index is -4.69. The number of β-amino-alcohol motifs (C(OH)–C–C–N with tert-alkyl or cyclic N) is 1. The minimum absolute atomic E-state index is 0.0419. The van der Waals surface area contributed by atoms with Gasteiger partial charge < -0.3 is 50.8 Å². The summed E-state index contributed by atoms with van der Waals surface area (Å²) in [6, 6.07) is 17.2. The summed E-state index contributed by atoms with van der Waals surface area (Å²) in [5.74, 6) is -1.13. The normalized spacial score (nSPS) is 15.1. The number of thiazole rings is 1. The smallest absolute Gasteiger partial charge is 0.417 e. The summed E-state index contributed by atoms with van der Waals surface area (Å²) >= 11 is 7.20. The third-order valence-electron chi connectivity index (χ3n) is 10.9. The second kappa shape index (κ2) is 24.5. The maximum atomic E-state index is 13.9. The van der Waals surface area contributed by atoms with Crippen LogP contribution in [0.15, 0.2) is 90.6 Å². The number of carbonyl (C=O) groups is 5. The molecule has 6 rings (SSSR count). The molecule has 1 aliphatic rings. The molecule has 0 saturated carbocycles. The van der Waals surface area contributed by atoms with Gasteiger partial charge in [-0.15, -0.1) is 11.3 Å². The van der Waals surface area contributed by atoms with Crippen LogP contribution in [-0.2, 0) is 36.6 Å². The van der Waals surface area contributed by atoms with Crippen molar-refractivity contribution in [1.29, 1.82) is 0 Å². The third-order valence-corrected chi connectivity index (χ3v) is 12.2. The van der Waals surface area contributed by atoms with Crippen LogP contribution < -0.4 is 31.3 Å². The number of rotatable bonds is 20. The zero-order chi connectivity index (χ0) is 51.3. The molecule has 0 unspecified atom stereocenters. The lowest BCUT2D eigenvalue weighted by atomic mass is 9.85. The Kier molecular flexibility index (Phi) is 18.5. The zero-order valence-corrected chi connectivity index (χ0v) is 40.8. The van der Waals surface area contributed by atoms with Crippen molar-refractivity contribution in [1.82, 2.24) is 30.8 Å². The van der Waals surface area contributed by atoms with Crippen molar-refractivity contribution in [2.24, 2.45) is 5.41 Å². The number of nitrogens with one attached hydrogen (secondary N) is 5. The Morgan fingerprint density at radius 2 is 1.55 bits per heavy atom. The summed E-state index contributed by atoms with van der Waals surface area (Å²) in [5.41, 5.74) is 3.12. The van der Waals surface area contributed by atoms with Crippen molar-refractivity contribution in [3.05, 3.63) is 118 Å². The number of aliphatic hydroxyl groups excluding tert-OH is 1. The van der Waals surface area contributed by atoms with Gasteiger partial charge in [0.05, 0.1) is 59.2 Å². The van der Waals surface area contributed by atoms with Crippen LogP contribution in [0.2, 0.25) is 5.02 Å². The summed E-state index contributed by atoms with van der Waals surface area (Å²) in [4.78, 5) is 76.4. The van der Waals surface area contributed by atoms with Gasteiger partial charge in [-0.05, 0) is 72.0 Å². The predicted octanol–water partition coefficient (Wildman–Crippen LogP) is 7.58. The molecule has 0 spiro atoms. The molecule has 3 atom stereocenters. The van der Waals surface area contributed by atoms with E-state index in [-0.39, 0.29) is 70.3 Å². The van der Waals surface area contributed by atoms with Crippen LogP contribution in [0.3, 0.4) is 0 Å². The monoisotopic (exact) mass is 1020 g/mol. The highest BCUT2D eigenvalue weighted by molar-refractivity contribution is 7.13. The van der Waals surface area contributed by atoms with Crippen LogP contribution in [0.1, 0.15) is 60.9 Å². The Bertz CT molecular complexity index is 2650. The van der Waals surface area contributed by atoms with Crippen molar-refractivity contribution in [2.75, 3.05) is 50.2 Å². The summed E-state index contributed by atoms with van der Waals surface area (Å²) in [6.07, 6.45) is -4.18. The quantitative estimate of drug-likeness (QED) is 0.0417. The van der Waals surface area contributed by atoms with E-state index < -0.39 is 70.0 Å². The average molecular weight is 1020 g/mol. The highest BCUT2D eigenvalue weighted by Crippen LogP contribution is 2.36. The molecule has 17 nitrogen and oxygen atoms in total. The number of hydrogen-bond donors (Lipinski definition) is 6. The maximum absolute atomic E-state index is 13.9. The molecule has 1 saturated heterocycles. The summed E-state index contributed by atoms with van der Waals surface area (Å²) < 4.78 is 56.5. The number of ether oxygens (including phenoxy) is 3. The predicted molar refractivity (Wildman–Crippen MR) is 260 cm³/mol. The fourth-order valence-corrected chi connectivity index (χ4v) is 8.32. The molecule has 22 heteroatoms. The lowest BCUT2D eigenvalue weighted by Crippen LogP contribution is -2.57. The molecule has 5 aromatic rings. The summed E-state index contributed by atoms with van der Waals surface area (Å²) in [6.45, 7) is 8.22. The van der Waals surface area contributed by atoms with Crippen LogP contribution >= 0.6 is 22.9 Å². The van der Waals surface area contributed by atoms with Gasteiger partial charge in [-0.25, -0.2) is 9.78 Å². The van der Waals surface area contributed by atoms with E-state index in [2.05, 4.69) is 36.6 Å². The van der Waals surface area contributed by atoms with Crippen LogP contribution in [0, 0.1) is 12.3 Å². The number of likely N-dealkylation sites (tertiary alicyclic amines) is 1. The molecular weight excluding hydrogens is 969 g/mol. The van der Waals surface area contributed by atoms with E-state index in [0.29, 0.717) is 17.2 Å². The molecule has 1 fully saturated rings. The number of aryl methyl sites for hydroxylation is 1. The minimum Gasteiger partial charge on any atom is -0.457 e. The van der Waals surface area contributed by atoms with Gasteiger partial charge >= 0.3 is 12.2 Å². The topological polar surface area (TPSA) is 222 Å². The van der Waals surface area contributed by atoms with E-state index >= 15 is 0 Å². The highest BCUT2D eigenvalue weighted by Gasteiger charge is 2.44. The number of aromatic nitrogens is 2. The summed E-state index contributed by atoms with van der Waals surface area (Å²) in [7, 11) is 0. The SMILES string of the molecule is Cc1ncsc1-c1ccc(CNC(=O)[C@H]2C[C@@H](O)CN2C(=O)[C@@H](NC(=O)CCOCCOCCNC(=O)c2cc(Oc3ccc(NC(=O)Nc4ccc(Cl)c(C(F)(F)F)c4)cc3)ccn2)C(C)(C)C)cc1. The van der Waals surface area contributed by atoms with Crippen LogP contribution in [0.25, 0.3) is 10.4 Å². The molecule has 0 radical (unpaired) electrons. The van der Waals surface area contributed by atoms with Gasteiger partial charge in [0.15, 0.2) is 0 Å². The third kappa shape index (κ3) is 15.7. The Morgan fingerprint density at radius 3 is 2.23 bits per heavy atom. The van der Waals surface area contributed by atoms with Crippen LogP contribution in [0.5, 0.6) is 11.5 Å². The van der Waals surface area contributed by atoms with Crippen LogP contribution in [0.4, 0.5) is 29.3 Å². The Balaban J connectivity index is 0.856. The summed E-state index contributed by atoms with van der Waals surface area (Å²) in [5, 5.41) is 23.3. The van der Waals surface area contributed by atoms with E-state index in [1.807, 2.05) is 31.2 Å². The van der Waals surface area contributed by atoms with E-state index in [9.17, 15) is 42.3 Å². The molecule has 71 heavy (non-hydrogen) atoms. The van der Waals surface area contributed by atoms with Crippen LogP contribution in [-0.4, -0.2) is 107 Å². The number of pyridine rings is 1. The molecule has 2 aromatic heterocycles. The second-order valence-electron chi connectivity index (χ2n) is 17.4. The molecule has 0 aliphatic carbocycles. The zero-order valence-electron chi connectivity index (χ0n) is 39.2. The fourth-order valence-electron chi connectivity index (χ4n) is 7.28. The standard InChI is InChI=1S/C49H54ClF3N8O9S/c1-29-42(71-28-57-29)31-7-5-30(6-8-31)26-56-45(65)40-24-34(62)27-61(40)46(66)43(48(2,3)4)60-41(63)16-19-68-21-22-69-20-18-55-44(64)39-25-36(15-17-54-39)70-35-12-9-32(10-13-35)58-47(67)59-33-11-14-38(50)37(23-33)49(51,52)53/h5-15,17,23,25,28,34,40,43,62H,16,18-22,24,26-27H2,1-4H3,(H,55,64)(H,56,65)(H,60,63)(H2,58,59,67)/t34-,40-,43-/m1/s1. The molecule has 378 valence electrons. The van der Waals surface area contributed by atoms with E-state index in [1.165, 1.54) is 47.5 Å². The number of hydrogen-bond acceptors (Lipinski definition) is 12. The van der Waals surface area contributed by atoms with Gasteiger partial charge in [0, 0.05) is 56.1 Å². The lowest BCUT2D eigenvalue weighted by molar-refractivity contribution is -0.144. The number of halogens is 4. The Hall–Kier alpha value is -6.65. The molecule has 6 N–H and O–H groups in total. The second-order valence-corrected chi connectivity index (χ2v) is 18.7. The van der Waals surface area contributed by atoms with E-state index in [4.69, 9.17) is 25.8 Å². The number of carbonyl (C=O) groups excluding carboxylic acids is 5. The van der Waals surface area contributed by atoms with Gasteiger partial charge in [0.2, 0.25) is 17.7 Å². The Labute approximate surface area is 416 Å². The number of nitrogens with zero attached hydrogens (tertiary/aromatic N) is 3. The first-order chi connectivity index (χ1) is 33.7. The number of aliphatic hydroxyl groups is 1. The molecule has 3 heterocycles. The molecule has 3 aromatic carbocycles. The average Bonchev–Trinajstić information content (AvgIpc) is 3.94. The highest BCUT2D eigenvalue weighted by atomic mass is 35.5. The molecule has 1 aliphatic heterocycles. The maximum Gasteiger partial charge on any atom is 0.417 e. The van der Waals surface area contributed by atoms with Crippen molar-refractivity contribution in [3.63, 3.8) is 0 Å². The first kappa shape index (κ1) is 53.7. The Morgan fingerprint density at radius 1 is 0.859 bits per heavy atom. The van der Waals surface area contributed by atoms with Gasteiger partial charge in [0.1, 0.15) is 29.3 Å². The molecule has 6 amide bonds. The van der Waals surface area contributed by atoms with Crippen molar-refractivity contribution < 1.29 is 56.5 Å². The van der Waals surface area contributed by atoms with Gasteiger partial charge in [-0.3, -0.25) is 24.2 Å².